The number of nitrogens with two attached hydrogens (primary N) is 1. The minimum Gasteiger partial charge on any atom is -0.481 e. The summed E-state index contributed by atoms with van der Waals surface area (Å²) in [6.07, 6.45) is 1.56. The molecule has 0 radical (unpaired) electrons. The number of fused-ring (bicyclic) bond motifs is 1. The quantitative estimate of drug-likeness (QED) is 0.753. The molecule has 1 unspecified atom stereocenters. The van der Waals surface area contributed by atoms with Gasteiger partial charge in [-0.25, -0.2) is 8.78 Å². The van der Waals surface area contributed by atoms with E-state index in [1.165, 1.54) is 12.1 Å². The zero-order chi connectivity index (χ0) is 17.3. The molecule has 3 aromatic rings. The van der Waals surface area contributed by atoms with Crippen LogP contribution in [0, 0.1) is 11.6 Å². The number of carbonyl (C=O) groups is 1. The van der Waals surface area contributed by atoms with Crippen molar-refractivity contribution >= 4 is 16.9 Å². The van der Waals surface area contributed by atoms with Crippen LogP contribution in [0.4, 0.5) is 8.78 Å². The summed E-state index contributed by atoms with van der Waals surface area (Å²) in [6, 6.07) is 10.1. The molecular weight excluding hydrogens is 314 g/mol. The highest BCUT2D eigenvalue weighted by Gasteiger charge is 2.17. The van der Waals surface area contributed by atoms with E-state index in [0.29, 0.717) is 11.1 Å². The second-order valence-electron chi connectivity index (χ2n) is 5.71. The molecule has 0 amide bonds. The Bertz CT molecular complexity index is 885. The Morgan fingerprint density at radius 3 is 2.50 bits per heavy atom. The number of carboxylic acids is 1. The molecule has 0 aliphatic carbocycles. The summed E-state index contributed by atoms with van der Waals surface area (Å²) in [4.78, 5) is 10.9. The van der Waals surface area contributed by atoms with Crippen molar-refractivity contribution < 1.29 is 18.7 Å². The van der Waals surface area contributed by atoms with Gasteiger partial charge >= 0.3 is 5.97 Å². The summed E-state index contributed by atoms with van der Waals surface area (Å²) in [5.41, 5.74) is 8.01. The van der Waals surface area contributed by atoms with E-state index in [4.69, 9.17) is 10.8 Å². The first kappa shape index (κ1) is 16.1. The Balaban J connectivity index is 2.03. The number of aliphatic carboxylic acids is 1. The van der Waals surface area contributed by atoms with Gasteiger partial charge in [-0.3, -0.25) is 4.79 Å². The third-order valence-electron chi connectivity index (χ3n) is 3.89. The SMILES string of the molecule is NC(CC(=O)O)c1cn(Cc2cc(F)cc(F)c2)c2ccccc12. The van der Waals surface area contributed by atoms with Crippen LogP contribution in [0.1, 0.15) is 23.6 Å². The Morgan fingerprint density at radius 1 is 1.17 bits per heavy atom. The Kier molecular flexibility index (Phi) is 4.31. The fraction of sp³-hybridized carbons (Fsp3) is 0.167. The molecule has 0 fully saturated rings. The van der Waals surface area contributed by atoms with Crippen molar-refractivity contribution in [1.82, 2.24) is 4.57 Å². The Labute approximate surface area is 137 Å². The zero-order valence-corrected chi connectivity index (χ0v) is 12.7. The lowest BCUT2D eigenvalue weighted by Crippen LogP contribution is -2.14. The maximum atomic E-state index is 13.4. The van der Waals surface area contributed by atoms with Crippen LogP contribution in [0.25, 0.3) is 10.9 Å². The van der Waals surface area contributed by atoms with E-state index >= 15 is 0 Å². The summed E-state index contributed by atoms with van der Waals surface area (Å²) in [7, 11) is 0. The van der Waals surface area contributed by atoms with Crippen molar-refractivity contribution in [3.63, 3.8) is 0 Å². The van der Waals surface area contributed by atoms with Crippen LogP contribution < -0.4 is 5.73 Å². The Morgan fingerprint density at radius 2 is 1.83 bits per heavy atom. The highest BCUT2D eigenvalue weighted by Crippen LogP contribution is 2.28. The molecule has 0 saturated heterocycles. The van der Waals surface area contributed by atoms with Gasteiger partial charge in [0.1, 0.15) is 11.6 Å². The van der Waals surface area contributed by atoms with E-state index in [0.717, 1.165) is 17.0 Å². The molecule has 2 aromatic carbocycles. The smallest absolute Gasteiger partial charge is 0.305 e. The van der Waals surface area contributed by atoms with Crippen LogP contribution in [0.5, 0.6) is 0 Å². The van der Waals surface area contributed by atoms with Gasteiger partial charge in [-0.15, -0.1) is 0 Å². The van der Waals surface area contributed by atoms with Gasteiger partial charge in [-0.1, -0.05) is 18.2 Å². The minimum absolute atomic E-state index is 0.192. The summed E-state index contributed by atoms with van der Waals surface area (Å²) in [5, 5.41) is 9.79. The molecule has 1 atom stereocenters. The molecule has 0 aliphatic rings. The van der Waals surface area contributed by atoms with Gasteiger partial charge in [-0.2, -0.15) is 0 Å². The zero-order valence-electron chi connectivity index (χ0n) is 12.7. The maximum absolute atomic E-state index is 13.4. The molecule has 0 spiro atoms. The van der Waals surface area contributed by atoms with E-state index in [1.807, 2.05) is 28.8 Å². The summed E-state index contributed by atoms with van der Waals surface area (Å²) in [6.45, 7) is 0.259. The number of carboxylic acid groups (broad SMARTS) is 1. The first-order valence-corrected chi connectivity index (χ1v) is 7.44. The monoisotopic (exact) mass is 330 g/mol. The summed E-state index contributed by atoms with van der Waals surface area (Å²) in [5.74, 6) is -2.25. The number of benzene rings is 2. The molecule has 3 rings (SSSR count). The van der Waals surface area contributed by atoms with Crippen molar-refractivity contribution in [2.24, 2.45) is 5.73 Å². The molecule has 1 heterocycles. The van der Waals surface area contributed by atoms with Crippen molar-refractivity contribution in [2.75, 3.05) is 0 Å². The topological polar surface area (TPSA) is 68.2 Å². The first-order valence-electron chi connectivity index (χ1n) is 7.44. The predicted octanol–water partition coefficient (Wildman–Crippen LogP) is 3.44. The molecule has 1 aromatic heterocycles. The second-order valence-corrected chi connectivity index (χ2v) is 5.71. The van der Waals surface area contributed by atoms with Gasteiger partial charge in [0.15, 0.2) is 0 Å². The number of hydrogen-bond acceptors (Lipinski definition) is 2. The highest BCUT2D eigenvalue weighted by molar-refractivity contribution is 5.85. The lowest BCUT2D eigenvalue weighted by Gasteiger charge is -2.07. The summed E-state index contributed by atoms with van der Waals surface area (Å²) >= 11 is 0. The normalized spacial score (nSPS) is 12.5. The molecule has 6 heteroatoms. The molecule has 0 bridgehead atoms. The van der Waals surface area contributed by atoms with Crippen molar-refractivity contribution in [3.8, 4) is 0 Å². The number of halogens is 2. The van der Waals surface area contributed by atoms with E-state index < -0.39 is 23.6 Å². The fourth-order valence-electron chi connectivity index (χ4n) is 2.90. The lowest BCUT2D eigenvalue weighted by molar-refractivity contribution is -0.137. The van der Waals surface area contributed by atoms with E-state index in [1.54, 1.807) is 6.20 Å². The highest BCUT2D eigenvalue weighted by atomic mass is 19.1. The maximum Gasteiger partial charge on any atom is 0.305 e. The average Bonchev–Trinajstić information content (AvgIpc) is 2.85. The second kappa shape index (κ2) is 6.41. The summed E-state index contributed by atoms with van der Waals surface area (Å²) < 4.78 is 28.6. The first-order chi connectivity index (χ1) is 11.4. The lowest BCUT2D eigenvalue weighted by atomic mass is 10.0. The molecule has 24 heavy (non-hydrogen) atoms. The minimum atomic E-state index is -0.980. The molecular formula is C18H16F2N2O2. The number of rotatable bonds is 5. The van der Waals surface area contributed by atoms with Crippen LogP contribution in [0.2, 0.25) is 0 Å². The Hall–Kier alpha value is -2.73. The molecule has 0 saturated carbocycles. The van der Waals surface area contributed by atoms with Gasteiger partial charge in [0.2, 0.25) is 0 Å². The van der Waals surface area contributed by atoms with E-state index in [2.05, 4.69) is 0 Å². The van der Waals surface area contributed by atoms with Gasteiger partial charge in [0.25, 0.3) is 0 Å². The number of aromatic nitrogens is 1. The van der Waals surface area contributed by atoms with Crippen molar-refractivity contribution in [3.05, 3.63) is 71.4 Å². The molecule has 4 nitrogen and oxygen atoms in total. The van der Waals surface area contributed by atoms with E-state index in [-0.39, 0.29) is 13.0 Å². The van der Waals surface area contributed by atoms with Crippen LogP contribution in [-0.2, 0) is 11.3 Å². The predicted molar refractivity (Wildman–Crippen MR) is 86.6 cm³/mol. The molecule has 3 N–H and O–H groups in total. The number of hydrogen-bond donors (Lipinski definition) is 2. The fourth-order valence-corrected chi connectivity index (χ4v) is 2.90. The standard InChI is InChI=1S/C18H16F2N2O2/c19-12-5-11(6-13(20)7-12)9-22-10-15(16(21)8-18(23)24)14-3-1-2-4-17(14)22/h1-7,10,16H,8-9,21H2,(H,23,24). The van der Waals surface area contributed by atoms with Gasteiger partial charge < -0.3 is 15.4 Å². The van der Waals surface area contributed by atoms with Gasteiger partial charge in [0, 0.05) is 35.8 Å². The third kappa shape index (κ3) is 3.28. The number of para-hydroxylation sites is 1. The third-order valence-corrected chi connectivity index (χ3v) is 3.89. The van der Waals surface area contributed by atoms with Crippen molar-refractivity contribution in [1.29, 1.82) is 0 Å². The average molecular weight is 330 g/mol. The van der Waals surface area contributed by atoms with Gasteiger partial charge in [0.05, 0.1) is 6.42 Å². The van der Waals surface area contributed by atoms with Crippen LogP contribution in [-0.4, -0.2) is 15.6 Å². The number of nitrogens with zero attached hydrogens (tertiary/aromatic N) is 1. The van der Waals surface area contributed by atoms with E-state index in [9.17, 15) is 13.6 Å². The van der Waals surface area contributed by atoms with Crippen LogP contribution in [0.15, 0.2) is 48.7 Å². The van der Waals surface area contributed by atoms with Crippen LogP contribution in [0.3, 0.4) is 0 Å². The van der Waals surface area contributed by atoms with Gasteiger partial charge in [-0.05, 0) is 29.3 Å². The molecule has 0 aliphatic heterocycles. The molecule has 124 valence electrons. The largest absolute Gasteiger partial charge is 0.481 e. The van der Waals surface area contributed by atoms with Crippen LogP contribution >= 0.6 is 0 Å². The van der Waals surface area contributed by atoms with Crippen molar-refractivity contribution in [2.45, 2.75) is 19.0 Å².